The lowest BCUT2D eigenvalue weighted by Gasteiger charge is -2.24. The van der Waals surface area contributed by atoms with Crippen LogP contribution in [0.5, 0.6) is 0 Å². The normalized spacial score (nSPS) is 16.0. The number of halogens is 1. The maximum atomic E-state index is 13.3. The van der Waals surface area contributed by atoms with E-state index in [0.717, 1.165) is 51.4 Å². The lowest BCUT2D eigenvalue weighted by Crippen LogP contribution is -2.30. The zero-order valence-electron chi connectivity index (χ0n) is 14.0. The summed E-state index contributed by atoms with van der Waals surface area (Å²) in [6.45, 7) is 7.50. The molecule has 2 heterocycles. The van der Waals surface area contributed by atoms with Gasteiger partial charge in [-0.25, -0.2) is 4.39 Å². The Bertz CT molecular complexity index is 733. The van der Waals surface area contributed by atoms with E-state index in [2.05, 4.69) is 34.1 Å². The van der Waals surface area contributed by atoms with Gasteiger partial charge in [-0.3, -0.25) is 9.58 Å². The quantitative estimate of drug-likeness (QED) is 0.866. The summed E-state index contributed by atoms with van der Waals surface area (Å²) < 4.78 is 15.3. The summed E-state index contributed by atoms with van der Waals surface area (Å²) in [5.41, 5.74) is 2.47. The van der Waals surface area contributed by atoms with Crippen LogP contribution in [-0.2, 0) is 13.1 Å². The van der Waals surface area contributed by atoms with Gasteiger partial charge in [-0.1, -0.05) is 0 Å². The molecule has 1 aliphatic heterocycles. The fraction of sp³-hybridized carbons (Fsp3) is 0.444. The van der Waals surface area contributed by atoms with Crippen molar-refractivity contribution in [1.82, 2.24) is 14.7 Å². The highest BCUT2D eigenvalue weighted by Crippen LogP contribution is 2.22. The summed E-state index contributed by atoms with van der Waals surface area (Å²) in [7, 11) is 0. The molecular formula is C18H22FN5. The molecule has 0 atom stereocenters. The highest BCUT2D eigenvalue weighted by atomic mass is 19.1. The van der Waals surface area contributed by atoms with Crippen molar-refractivity contribution in [2.75, 3.05) is 31.1 Å². The van der Waals surface area contributed by atoms with Gasteiger partial charge in [0.05, 0.1) is 17.4 Å². The van der Waals surface area contributed by atoms with E-state index < -0.39 is 0 Å². The molecule has 1 fully saturated rings. The smallest absolute Gasteiger partial charge is 0.124 e. The molecule has 0 saturated carbocycles. The number of rotatable bonds is 4. The third-order valence-corrected chi connectivity index (χ3v) is 4.43. The third-order valence-electron chi connectivity index (χ3n) is 4.43. The minimum Gasteiger partial charge on any atom is -0.369 e. The molecule has 2 aromatic rings. The van der Waals surface area contributed by atoms with Crippen molar-refractivity contribution in [2.45, 2.75) is 26.4 Å². The summed E-state index contributed by atoms with van der Waals surface area (Å²) in [5, 5.41) is 13.6. The number of hydrogen-bond acceptors (Lipinski definition) is 4. The monoisotopic (exact) mass is 327 g/mol. The molecule has 126 valence electrons. The summed E-state index contributed by atoms with van der Waals surface area (Å²) in [4.78, 5) is 4.60. The zero-order valence-corrected chi connectivity index (χ0v) is 14.0. The first-order chi connectivity index (χ1) is 11.7. The van der Waals surface area contributed by atoms with E-state index in [1.54, 1.807) is 6.07 Å². The van der Waals surface area contributed by atoms with E-state index in [4.69, 9.17) is 0 Å². The average Bonchev–Trinajstić information content (AvgIpc) is 2.92. The summed E-state index contributed by atoms with van der Waals surface area (Å²) in [6.07, 6.45) is 5.04. The summed E-state index contributed by atoms with van der Waals surface area (Å²) in [5.74, 6) is -0.361. The molecule has 0 amide bonds. The van der Waals surface area contributed by atoms with E-state index in [1.807, 2.05) is 10.9 Å². The maximum Gasteiger partial charge on any atom is 0.124 e. The first-order valence-corrected chi connectivity index (χ1v) is 8.38. The van der Waals surface area contributed by atoms with Crippen LogP contribution in [0.25, 0.3) is 0 Å². The predicted octanol–water partition coefficient (Wildman–Crippen LogP) is 2.63. The Morgan fingerprint density at radius 3 is 2.88 bits per heavy atom. The van der Waals surface area contributed by atoms with Gasteiger partial charge in [0.2, 0.25) is 0 Å². The Kier molecular flexibility index (Phi) is 5.11. The van der Waals surface area contributed by atoms with Gasteiger partial charge in [0.15, 0.2) is 0 Å². The molecular weight excluding hydrogens is 305 g/mol. The van der Waals surface area contributed by atoms with Crippen LogP contribution in [0.2, 0.25) is 0 Å². The highest BCUT2D eigenvalue weighted by molar-refractivity contribution is 5.59. The number of aromatic nitrogens is 2. The van der Waals surface area contributed by atoms with Crippen molar-refractivity contribution < 1.29 is 4.39 Å². The first-order valence-electron chi connectivity index (χ1n) is 8.38. The molecule has 6 heteroatoms. The van der Waals surface area contributed by atoms with Crippen molar-refractivity contribution in [2.24, 2.45) is 0 Å². The fourth-order valence-electron chi connectivity index (χ4n) is 3.16. The van der Waals surface area contributed by atoms with Crippen molar-refractivity contribution in [3.63, 3.8) is 0 Å². The minimum absolute atomic E-state index is 0.361. The molecule has 0 spiro atoms. The zero-order chi connectivity index (χ0) is 16.9. The largest absolute Gasteiger partial charge is 0.369 e. The fourth-order valence-corrected chi connectivity index (χ4v) is 3.16. The van der Waals surface area contributed by atoms with Crippen LogP contribution in [0.3, 0.4) is 0 Å². The van der Waals surface area contributed by atoms with E-state index in [0.29, 0.717) is 5.56 Å². The van der Waals surface area contributed by atoms with Gasteiger partial charge < -0.3 is 4.90 Å². The third kappa shape index (κ3) is 3.74. The second-order valence-electron chi connectivity index (χ2n) is 6.09. The average molecular weight is 327 g/mol. The Morgan fingerprint density at radius 1 is 1.25 bits per heavy atom. The predicted molar refractivity (Wildman–Crippen MR) is 91.1 cm³/mol. The minimum atomic E-state index is -0.361. The number of aryl methyl sites for hydroxylation is 1. The molecule has 5 nitrogen and oxygen atoms in total. The molecule has 1 aromatic heterocycles. The van der Waals surface area contributed by atoms with Crippen LogP contribution in [0.1, 0.15) is 24.5 Å². The maximum absolute atomic E-state index is 13.3. The van der Waals surface area contributed by atoms with Crippen LogP contribution < -0.4 is 4.90 Å². The van der Waals surface area contributed by atoms with Crippen molar-refractivity contribution in [3.05, 3.63) is 47.5 Å². The Balaban J connectivity index is 1.66. The number of benzene rings is 1. The lowest BCUT2D eigenvalue weighted by molar-refractivity contribution is 0.285. The molecule has 0 N–H and O–H groups in total. The van der Waals surface area contributed by atoms with Crippen molar-refractivity contribution >= 4 is 5.69 Å². The number of nitriles is 1. The van der Waals surface area contributed by atoms with Gasteiger partial charge in [0.25, 0.3) is 0 Å². The Hall–Kier alpha value is -2.39. The molecule has 0 unspecified atom stereocenters. The first kappa shape index (κ1) is 16.5. The Morgan fingerprint density at radius 2 is 2.12 bits per heavy atom. The standard InChI is InChI=1S/C18H22FN5/c1-2-24-14-15(12-21-24)13-22-6-3-7-23(9-8-22)18-5-4-17(19)10-16(18)11-20/h4-5,10,12,14H,2-3,6-9,13H2,1H3. The van der Waals surface area contributed by atoms with Gasteiger partial charge in [-0.2, -0.15) is 10.4 Å². The Labute approximate surface area is 141 Å². The van der Waals surface area contributed by atoms with Crippen LogP contribution in [0, 0.1) is 17.1 Å². The molecule has 24 heavy (non-hydrogen) atoms. The summed E-state index contributed by atoms with van der Waals surface area (Å²) >= 11 is 0. The van der Waals surface area contributed by atoms with E-state index in [1.165, 1.54) is 17.7 Å². The topological polar surface area (TPSA) is 48.1 Å². The van der Waals surface area contributed by atoms with E-state index in [-0.39, 0.29) is 5.82 Å². The highest BCUT2D eigenvalue weighted by Gasteiger charge is 2.18. The molecule has 1 saturated heterocycles. The molecule has 0 aliphatic carbocycles. The van der Waals surface area contributed by atoms with Crippen molar-refractivity contribution in [1.29, 1.82) is 5.26 Å². The number of anilines is 1. The van der Waals surface area contributed by atoms with Gasteiger partial charge in [0.1, 0.15) is 11.9 Å². The lowest BCUT2D eigenvalue weighted by atomic mass is 10.1. The van der Waals surface area contributed by atoms with Crippen LogP contribution in [0.15, 0.2) is 30.6 Å². The van der Waals surface area contributed by atoms with Gasteiger partial charge in [-0.15, -0.1) is 0 Å². The number of nitrogens with zero attached hydrogens (tertiary/aromatic N) is 5. The second-order valence-corrected chi connectivity index (χ2v) is 6.09. The van der Waals surface area contributed by atoms with Crippen LogP contribution in [-0.4, -0.2) is 40.9 Å². The molecule has 1 aromatic carbocycles. The molecule has 3 rings (SSSR count). The second kappa shape index (κ2) is 7.45. The van der Waals surface area contributed by atoms with E-state index in [9.17, 15) is 9.65 Å². The SMILES string of the molecule is CCn1cc(CN2CCCN(c3ccc(F)cc3C#N)CC2)cn1. The number of hydrogen-bond donors (Lipinski definition) is 0. The molecule has 0 bridgehead atoms. The van der Waals surface area contributed by atoms with Crippen molar-refractivity contribution in [3.8, 4) is 6.07 Å². The molecule has 0 radical (unpaired) electrons. The van der Waals surface area contributed by atoms with Gasteiger partial charge in [0, 0.05) is 51.0 Å². The van der Waals surface area contributed by atoms with Gasteiger partial charge >= 0.3 is 0 Å². The summed E-state index contributed by atoms with van der Waals surface area (Å²) in [6, 6.07) is 6.57. The molecule has 1 aliphatic rings. The van der Waals surface area contributed by atoms with Crippen LogP contribution in [0.4, 0.5) is 10.1 Å². The van der Waals surface area contributed by atoms with Crippen LogP contribution >= 0.6 is 0 Å². The van der Waals surface area contributed by atoms with Gasteiger partial charge in [-0.05, 0) is 31.5 Å². The van der Waals surface area contributed by atoms with E-state index >= 15 is 0 Å².